The molecular formula is C16H19N3O2S. The molecule has 1 atom stereocenters. The molecule has 6 heteroatoms. The van der Waals surface area contributed by atoms with Crippen molar-refractivity contribution in [3.8, 4) is 0 Å². The summed E-state index contributed by atoms with van der Waals surface area (Å²) in [6.07, 6.45) is 6.14. The predicted octanol–water partition coefficient (Wildman–Crippen LogP) is 1.88. The first kappa shape index (κ1) is 15.0. The van der Waals surface area contributed by atoms with Crippen LogP contribution in [0.5, 0.6) is 0 Å². The van der Waals surface area contributed by atoms with Gasteiger partial charge in [-0.25, -0.2) is 4.98 Å². The van der Waals surface area contributed by atoms with Crippen molar-refractivity contribution < 1.29 is 4.79 Å². The second kappa shape index (κ2) is 6.04. The van der Waals surface area contributed by atoms with Crippen LogP contribution in [0.25, 0.3) is 10.2 Å². The number of thiophene rings is 1. The van der Waals surface area contributed by atoms with E-state index in [0.717, 1.165) is 29.7 Å². The second-order valence-electron chi connectivity index (χ2n) is 5.80. The molecule has 116 valence electrons. The summed E-state index contributed by atoms with van der Waals surface area (Å²) in [5.41, 5.74) is 1.04. The number of aryl methyl sites for hydroxylation is 1. The fourth-order valence-corrected chi connectivity index (χ4v) is 4.22. The molecule has 5 nitrogen and oxygen atoms in total. The summed E-state index contributed by atoms with van der Waals surface area (Å²) in [5.74, 6) is 0.452. The van der Waals surface area contributed by atoms with E-state index in [9.17, 15) is 9.59 Å². The molecule has 1 aliphatic rings. The molecule has 2 heterocycles. The van der Waals surface area contributed by atoms with Gasteiger partial charge in [0.2, 0.25) is 5.91 Å². The highest BCUT2D eigenvalue weighted by molar-refractivity contribution is 7.18. The molecule has 1 N–H and O–H groups in total. The zero-order valence-corrected chi connectivity index (χ0v) is 13.4. The predicted molar refractivity (Wildman–Crippen MR) is 88.3 cm³/mol. The van der Waals surface area contributed by atoms with Crippen molar-refractivity contribution in [1.29, 1.82) is 0 Å². The Labute approximate surface area is 132 Å². The van der Waals surface area contributed by atoms with Crippen LogP contribution < -0.4 is 10.9 Å². The largest absolute Gasteiger partial charge is 0.351 e. The Morgan fingerprint density at radius 2 is 2.45 bits per heavy atom. The molecule has 0 saturated carbocycles. The van der Waals surface area contributed by atoms with E-state index in [2.05, 4.69) is 23.8 Å². The summed E-state index contributed by atoms with van der Waals surface area (Å²) in [7, 11) is 0. The fourth-order valence-electron chi connectivity index (χ4n) is 2.88. The number of rotatable bonds is 4. The van der Waals surface area contributed by atoms with Crippen LogP contribution in [0.4, 0.5) is 0 Å². The van der Waals surface area contributed by atoms with Gasteiger partial charge in [-0.15, -0.1) is 17.9 Å². The molecule has 1 unspecified atom stereocenters. The van der Waals surface area contributed by atoms with Crippen molar-refractivity contribution in [3.05, 3.63) is 39.8 Å². The van der Waals surface area contributed by atoms with Gasteiger partial charge in [-0.2, -0.15) is 0 Å². The number of hydrogen-bond acceptors (Lipinski definition) is 4. The van der Waals surface area contributed by atoms with Gasteiger partial charge in [0.25, 0.3) is 5.56 Å². The Morgan fingerprint density at radius 3 is 3.23 bits per heavy atom. The maximum atomic E-state index is 12.7. The first-order chi connectivity index (χ1) is 10.6. The van der Waals surface area contributed by atoms with E-state index < -0.39 is 0 Å². The third kappa shape index (κ3) is 2.70. The lowest BCUT2D eigenvalue weighted by molar-refractivity contribution is -0.121. The third-order valence-electron chi connectivity index (χ3n) is 4.04. The minimum absolute atomic E-state index is 0.00334. The lowest BCUT2D eigenvalue weighted by atomic mass is 9.89. The number of nitrogens with zero attached hydrogens (tertiary/aromatic N) is 2. The van der Waals surface area contributed by atoms with Gasteiger partial charge in [-0.1, -0.05) is 13.0 Å². The highest BCUT2D eigenvalue weighted by Gasteiger charge is 2.23. The van der Waals surface area contributed by atoms with E-state index in [0.29, 0.717) is 17.8 Å². The van der Waals surface area contributed by atoms with Crippen LogP contribution in [0.1, 0.15) is 23.8 Å². The van der Waals surface area contributed by atoms with E-state index in [1.54, 1.807) is 17.4 Å². The van der Waals surface area contributed by atoms with Crippen LogP contribution in [0.3, 0.4) is 0 Å². The van der Waals surface area contributed by atoms with Gasteiger partial charge in [-0.05, 0) is 30.7 Å². The Balaban J connectivity index is 1.97. The molecule has 0 fully saturated rings. The smallest absolute Gasteiger partial charge is 0.262 e. The number of aromatic nitrogens is 2. The van der Waals surface area contributed by atoms with Gasteiger partial charge in [-0.3, -0.25) is 14.2 Å². The van der Waals surface area contributed by atoms with Crippen LogP contribution in [0, 0.1) is 5.92 Å². The summed E-state index contributed by atoms with van der Waals surface area (Å²) in [5, 5.41) is 3.39. The van der Waals surface area contributed by atoms with E-state index >= 15 is 0 Å². The van der Waals surface area contributed by atoms with Gasteiger partial charge in [0.05, 0.1) is 11.7 Å². The molecule has 2 aromatic rings. The number of amides is 1. The lowest BCUT2D eigenvalue weighted by Gasteiger charge is -2.17. The van der Waals surface area contributed by atoms with Crippen molar-refractivity contribution in [2.75, 3.05) is 6.54 Å². The molecule has 0 spiro atoms. The Hall–Kier alpha value is -1.95. The molecule has 0 saturated heterocycles. The Kier molecular flexibility index (Phi) is 4.11. The molecule has 22 heavy (non-hydrogen) atoms. The Morgan fingerprint density at radius 1 is 1.64 bits per heavy atom. The summed E-state index contributed by atoms with van der Waals surface area (Å²) in [4.78, 5) is 30.9. The van der Waals surface area contributed by atoms with E-state index in [1.807, 2.05) is 0 Å². The number of hydrogen-bond donors (Lipinski definition) is 1. The van der Waals surface area contributed by atoms with Gasteiger partial charge < -0.3 is 5.32 Å². The van der Waals surface area contributed by atoms with E-state index in [4.69, 9.17) is 0 Å². The monoisotopic (exact) mass is 317 g/mol. The Bertz CT molecular complexity index is 791. The first-order valence-corrected chi connectivity index (χ1v) is 8.29. The normalized spacial score (nSPS) is 17.2. The highest BCUT2D eigenvalue weighted by atomic mass is 32.1. The second-order valence-corrected chi connectivity index (χ2v) is 6.89. The van der Waals surface area contributed by atoms with Crippen LogP contribution in [0.2, 0.25) is 0 Å². The zero-order valence-electron chi connectivity index (χ0n) is 12.6. The molecule has 1 aliphatic carbocycles. The molecule has 0 radical (unpaired) electrons. The lowest BCUT2D eigenvalue weighted by Crippen LogP contribution is -2.32. The molecule has 0 aromatic carbocycles. The minimum Gasteiger partial charge on any atom is -0.351 e. The maximum absolute atomic E-state index is 12.7. The molecule has 0 bridgehead atoms. The van der Waals surface area contributed by atoms with Gasteiger partial charge in [0, 0.05) is 11.4 Å². The van der Waals surface area contributed by atoms with Crippen molar-refractivity contribution in [2.45, 2.75) is 32.7 Å². The average molecular weight is 317 g/mol. The van der Waals surface area contributed by atoms with Crippen LogP contribution in [-0.4, -0.2) is 22.0 Å². The summed E-state index contributed by atoms with van der Waals surface area (Å²) in [6.45, 7) is 6.18. The topological polar surface area (TPSA) is 64.0 Å². The van der Waals surface area contributed by atoms with E-state index in [1.165, 1.54) is 15.8 Å². The molecule has 1 amide bonds. The van der Waals surface area contributed by atoms with Gasteiger partial charge >= 0.3 is 0 Å². The van der Waals surface area contributed by atoms with Crippen LogP contribution >= 0.6 is 11.3 Å². The van der Waals surface area contributed by atoms with Crippen molar-refractivity contribution in [1.82, 2.24) is 14.9 Å². The van der Waals surface area contributed by atoms with Crippen LogP contribution in [0.15, 0.2) is 23.8 Å². The fraction of sp³-hybridized carbons (Fsp3) is 0.438. The number of nitrogens with one attached hydrogen (secondary N) is 1. The highest BCUT2D eigenvalue weighted by Crippen LogP contribution is 2.35. The third-order valence-corrected chi connectivity index (χ3v) is 5.20. The quantitative estimate of drug-likeness (QED) is 0.876. The molecule has 2 aromatic heterocycles. The van der Waals surface area contributed by atoms with E-state index in [-0.39, 0.29) is 18.0 Å². The van der Waals surface area contributed by atoms with Gasteiger partial charge in [0.1, 0.15) is 11.4 Å². The average Bonchev–Trinajstić information content (AvgIpc) is 2.86. The molecule has 0 aliphatic heterocycles. The SMILES string of the molecule is C=CCNC(=O)Cn1cnc2sc3c(c2c1=O)CCC(C)C3. The van der Waals surface area contributed by atoms with Crippen LogP contribution in [-0.2, 0) is 24.2 Å². The van der Waals surface area contributed by atoms with Crippen molar-refractivity contribution in [2.24, 2.45) is 5.92 Å². The number of carbonyl (C=O) groups excluding carboxylic acids is 1. The van der Waals surface area contributed by atoms with Gasteiger partial charge in [0.15, 0.2) is 0 Å². The molecular weight excluding hydrogens is 298 g/mol. The minimum atomic E-state index is -0.208. The maximum Gasteiger partial charge on any atom is 0.262 e. The summed E-state index contributed by atoms with van der Waals surface area (Å²) in [6, 6.07) is 0. The van der Waals surface area contributed by atoms with Crippen molar-refractivity contribution >= 4 is 27.5 Å². The summed E-state index contributed by atoms with van der Waals surface area (Å²) >= 11 is 1.62. The van der Waals surface area contributed by atoms with Crippen molar-refractivity contribution in [3.63, 3.8) is 0 Å². The number of fused-ring (bicyclic) bond motifs is 3. The number of carbonyl (C=O) groups is 1. The molecule has 3 rings (SSSR count). The first-order valence-electron chi connectivity index (χ1n) is 7.47. The zero-order chi connectivity index (χ0) is 15.7. The summed E-state index contributed by atoms with van der Waals surface area (Å²) < 4.78 is 1.39. The standard InChI is InChI=1S/C16H19N3O2S/c1-3-6-17-13(20)8-19-9-18-15-14(16(19)21)11-5-4-10(2)7-12(11)22-15/h3,9-10H,1,4-8H2,2H3,(H,17,20).